The summed E-state index contributed by atoms with van der Waals surface area (Å²) in [6.07, 6.45) is -25.2. The van der Waals surface area contributed by atoms with Crippen LogP contribution in [0, 0.1) is 18.3 Å². The van der Waals surface area contributed by atoms with Gasteiger partial charge in [-0.15, -0.1) is 12.3 Å². The van der Waals surface area contributed by atoms with Crippen LogP contribution in [-0.2, 0) is 42.7 Å². The molecule has 1 amide bonds. The first-order valence-corrected chi connectivity index (χ1v) is 19.0. The number of halogens is 2. The van der Waals surface area contributed by atoms with Gasteiger partial charge in [0.2, 0.25) is 12.2 Å². The second-order valence-electron chi connectivity index (χ2n) is 14.1. The Kier molecular flexibility index (Phi) is 19.1. The molecule has 21 nitrogen and oxygen atoms in total. The van der Waals surface area contributed by atoms with E-state index >= 15 is 0 Å². The van der Waals surface area contributed by atoms with E-state index in [2.05, 4.69) is 11.2 Å². The SMILES string of the molecule is C#CCC(CC(=O)OCCOCCC)C(=O)Nc1ccc(O[C@@H]2OC(CO)[C@H](O[C@H]3OC(CO)[C@H](O[C@H]4OC(CO)[C@@H](O)[C@H](O)C4O)[C@H](O)C3O)[C@H](O)C2O)c(C(F)F)c1. The molecule has 16 atom stereocenters. The van der Waals surface area contributed by atoms with Gasteiger partial charge in [0.25, 0.3) is 6.43 Å². The first-order chi connectivity index (χ1) is 28.6. The van der Waals surface area contributed by atoms with E-state index in [4.69, 9.17) is 44.3 Å². The van der Waals surface area contributed by atoms with Gasteiger partial charge in [-0.05, 0) is 24.6 Å². The maximum Gasteiger partial charge on any atom is 0.306 e. The van der Waals surface area contributed by atoms with Gasteiger partial charge < -0.3 is 94.3 Å². The number of hydrogen-bond donors (Lipinski definition) is 11. The summed E-state index contributed by atoms with van der Waals surface area (Å²) in [4.78, 5) is 25.3. The lowest BCUT2D eigenvalue weighted by atomic mass is 9.96. The smallest absolute Gasteiger partial charge is 0.306 e. The fraction of sp³-hybridized carbons (Fsp3) is 0.730. The molecule has 3 fully saturated rings. The summed E-state index contributed by atoms with van der Waals surface area (Å²) in [7, 11) is 0. The maximum atomic E-state index is 14.3. The Balaban J connectivity index is 1.40. The van der Waals surface area contributed by atoms with E-state index in [0.717, 1.165) is 24.6 Å². The molecule has 3 saturated heterocycles. The van der Waals surface area contributed by atoms with Gasteiger partial charge >= 0.3 is 5.97 Å². The molecule has 7 unspecified atom stereocenters. The van der Waals surface area contributed by atoms with E-state index in [1.54, 1.807) is 0 Å². The van der Waals surface area contributed by atoms with Crippen LogP contribution in [0.1, 0.15) is 38.2 Å². The number of amides is 1. The zero-order valence-electron chi connectivity index (χ0n) is 32.3. The zero-order valence-corrected chi connectivity index (χ0v) is 32.3. The second kappa shape index (κ2) is 23.3. The van der Waals surface area contributed by atoms with E-state index in [-0.39, 0.29) is 25.3 Å². The number of benzene rings is 1. The van der Waals surface area contributed by atoms with Crippen LogP contribution in [0.15, 0.2) is 18.2 Å². The summed E-state index contributed by atoms with van der Waals surface area (Å²) >= 11 is 0. The van der Waals surface area contributed by atoms with Gasteiger partial charge in [-0.25, -0.2) is 8.78 Å². The third-order valence-electron chi connectivity index (χ3n) is 9.82. The van der Waals surface area contributed by atoms with E-state index in [1.165, 1.54) is 0 Å². The monoisotopic (exact) mass is 869 g/mol. The molecule has 23 heteroatoms. The molecule has 0 radical (unpaired) electrons. The molecule has 0 aliphatic carbocycles. The largest absolute Gasteiger partial charge is 0.463 e. The lowest BCUT2D eigenvalue weighted by Crippen LogP contribution is -2.66. The Morgan fingerprint density at radius 3 is 1.87 bits per heavy atom. The number of esters is 1. The summed E-state index contributed by atoms with van der Waals surface area (Å²) < 4.78 is 72.0. The number of rotatable bonds is 20. The Bertz CT molecular complexity index is 1550. The number of anilines is 1. The number of nitrogens with one attached hydrogen (secondary N) is 1. The topological polar surface area (TPSA) is 322 Å². The minimum atomic E-state index is -3.23. The van der Waals surface area contributed by atoms with Crippen LogP contribution in [0.4, 0.5) is 14.5 Å². The average Bonchev–Trinajstić information content (AvgIpc) is 3.23. The van der Waals surface area contributed by atoms with Gasteiger partial charge in [-0.1, -0.05) is 6.92 Å². The van der Waals surface area contributed by atoms with Crippen molar-refractivity contribution in [2.75, 3.05) is 45.0 Å². The molecule has 0 spiro atoms. The molecular weight excluding hydrogens is 816 g/mol. The number of aliphatic hydroxyl groups excluding tert-OH is 10. The van der Waals surface area contributed by atoms with Gasteiger partial charge in [0.15, 0.2) is 12.6 Å². The Morgan fingerprint density at radius 1 is 0.767 bits per heavy atom. The Morgan fingerprint density at radius 2 is 1.32 bits per heavy atom. The number of aliphatic hydroxyl groups is 10. The van der Waals surface area contributed by atoms with Crippen molar-refractivity contribution in [2.45, 2.75) is 125 Å². The molecule has 3 aliphatic heterocycles. The lowest BCUT2D eigenvalue weighted by Gasteiger charge is -2.48. The maximum absolute atomic E-state index is 14.3. The highest BCUT2D eigenvalue weighted by Gasteiger charge is 2.54. The van der Waals surface area contributed by atoms with Crippen LogP contribution in [0.5, 0.6) is 5.75 Å². The van der Waals surface area contributed by atoms with Crippen LogP contribution in [0.3, 0.4) is 0 Å². The van der Waals surface area contributed by atoms with Gasteiger partial charge in [0.05, 0.1) is 44.3 Å². The van der Waals surface area contributed by atoms with Crippen LogP contribution in [-0.4, -0.2) is 195 Å². The normalized spacial score (nSPS) is 35.0. The first-order valence-electron chi connectivity index (χ1n) is 19.0. The highest BCUT2D eigenvalue weighted by molar-refractivity contribution is 5.95. The standard InChI is InChI=1S/C37H53F2NO20/c1-3-5-16(11-23(44)54-10-9-53-8-4-2)34(52)40-17-6-7-19(18(12-17)33(38)39)55-35-29(50)26(47)31(21(14-42)57-35)60-37-30(51)27(48)32(22(15-43)58-37)59-36-28(49)25(46)24(45)20(13-41)56-36/h1,6-7,12,16,20-22,24-33,35-37,41-43,45-51H,4-5,8-11,13-15H2,2H3,(H,40,52)/t16?,20?,21?,22?,24-,25+,26-,27-,28?,29?,30?,31+,32+,35-,36-,37-/m1/s1. The van der Waals surface area contributed by atoms with Gasteiger partial charge in [-0.2, -0.15) is 0 Å². The van der Waals surface area contributed by atoms with Crippen LogP contribution in [0.25, 0.3) is 0 Å². The number of carbonyl (C=O) groups excluding carboxylic acids is 2. The fourth-order valence-corrected chi connectivity index (χ4v) is 6.53. The average molecular weight is 870 g/mol. The predicted molar refractivity (Wildman–Crippen MR) is 193 cm³/mol. The van der Waals surface area contributed by atoms with E-state index in [0.29, 0.717) is 6.61 Å². The third kappa shape index (κ3) is 12.2. The molecule has 3 aliphatic rings. The Hall–Kier alpha value is -3.26. The number of ether oxygens (including phenoxy) is 8. The highest BCUT2D eigenvalue weighted by Crippen LogP contribution is 2.36. The minimum Gasteiger partial charge on any atom is -0.463 e. The van der Waals surface area contributed by atoms with Crippen molar-refractivity contribution in [3.05, 3.63) is 23.8 Å². The van der Waals surface area contributed by atoms with Gasteiger partial charge in [-0.3, -0.25) is 9.59 Å². The molecule has 1 aromatic rings. The molecule has 1 aromatic carbocycles. The van der Waals surface area contributed by atoms with Crippen LogP contribution < -0.4 is 10.1 Å². The molecular formula is C37H53F2NO20. The molecule has 340 valence electrons. The van der Waals surface area contributed by atoms with E-state index in [9.17, 15) is 69.4 Å². The molecule has 0 saturated carbocycles. The molecule has 0 bridgehead atoms. The van der Waals surface area contributed by atoms with Gasteiger partial charge in [0, 0.05) is 18.7 Å². The minimum absolute atomic E-state index is 0.0471. The lowest BCUT2D eigenvalue weighted by molar-refractivity contribution is -0.376. The predicted octanol–water partition coefficient (Wildman–Crippen LogP) is -3.61. The van der Waals surface area contributed by atoms with Gasteiger partial charge in [0.1, 0.15) is 85.6 Å². The fourth-order valence-electron chi connectivity index (χ4n) is 6.53. The molecule has 11 N–H and O–H groups in total. The summed E-state index contributed by atoms with van der Waals surface area (Å²) in [6, 6.07) is 3.02. The van der Waals surface area contributed by atoms with Crippen molar-refractivity contribution >= 4 is 17.6 Å². The third-order valence-corrected chi connectivity index (χ3v) is 9.82. The van der Waals surface area contributed by atoms with Crippen molar-refractivity contribution < 1.29 is 107 Å². The summed E-state index contributed by atoms with van der Waals surface area (Å²) in [6.45, 7) is -0.209. The summed E-state index contributed by atoms with van der Waals surface area (Å²) in [5.74, 6) is -0.865. The number of alkyl halides is 2. The van der Waals surface area contributed by atoms with E-state index in [1.807, 2.05) is 6.92 Å². The first kappa shape index (κ1) is 49.4. The van der Waals surface area contributed by atoms with Crippen molar-refractivity contribution in [3.8, 4) is 18.1 Å². The Labute approximate surface area is 342 Å². The second-order valence-corrected chi connectivity index (χ2v) is 14.1. The number of carbonyl (C=O) groups is 2. The summed E-state index contributed by atoms with van der Waals surface area (Å²) in [5.41, 5.74) is -0.951. The zero-order chi connectivity index (χ0) is 44.3. The van der Waals surface area contributed by atoms with Crippen molar-refractivity contribution in [3.63, 3.8) is 0 Å². The molecule has 60 heavy (non-hydrogen) atoms. The summed E-state index contributed by atoms with van der Waals surface area (Å²) in [5, 5.41) is 106. The van der Waals surface area contributed by atoms with Crippen LogP contribution >= 0.6 is 0 Å². The van der Waals surface area contributed by atoms with Crippen LogP contribution in [0.2, 0.25) is 0 Å². The molecule has 4 rings (SSSR count). The highest BCUT2D eigenvalue weighted by atomic mass is 19.3. The molecule has 3 heterocycles. The number of terminal acetylenes is 1. The quantitative estimate of drug-likeness (QED) is 0.0342. The van der Waals surface area contributed by atoms with Crippen molar-refractivity contribution in [2.24, 2.45) is 5.92 Å². The number of hydrogen-bond acceptors (Lipinski definition) is 20. The molecule has 0 aromatic heterocycles. The van der Waals surface area contributed by atoms with Crippen molar-refractivity contribution in [1.29, 1.82) is 0 Å². The van der Waals surface area contributed by atoms with E-state index < -0.39 is 154 Å². The van der Waals surface area contributed by atoms with Crippen molar-refractivity contribution in [1.82, 2.24) is 0 Å².